The van der Waals surface area contributed by atoms with Crippen molar-refractivity contribution in [1.29, 1.82) is 0 Å². The molecule has 0 amide bonds. The summed E-state index contributed by atoms with van der Waals surface area (Å²) in [7, 11) is 0. The molecule has 0 saturated heterocycles. The molecule has 0 radical (unpaired) electrons. The van der Waals surface area contributed by atoms with Crippen molar-refractivity contribution in [2.75, 3.05) is 5.75 Å². The van der Waals surface area contributed by atoms with Gasteiger partial charge in [-0.25, -0.2) is 0 Å². The van der Waals surface area contributed by atoms with E-state index in [1.807, 2.05) is 24.4 Å². The Morgan fingerprint density at radius 3 is 2.65 bits per heavy atom. The van der Waals surface area contributed by atoms with Crippen molar-refractivity contribution in [3.8, 4) is 11.4 Å². The second kappa shape index (κ2) is 7.92. The van der Waals surface area contributed by atoms with Gasteiger partial charge >= 0.3 is 0 Å². The first-order chi connectivity index (χ1) is 11.4. The highest BCUT2D eigenvalue weighted by Gasteiger charge is 2.14. The summed E-state index contributed by atoms with van der Waals surface area (Å²) in [5.41, 5.74) is 2.24. The molecule has 118 valence electrons. The lowest BCUT2D eigenvalue weighted by Crippen LogP contribution is -2.04. The molecule has 0 aliphatic rings. The van der Waals surface area contributed by atoms with Gasteiger partial charge in [0.05, 0.1) is 6.54 Å². The molecule has 5 heteroatoms. The summed E-state index contributed by atoms with van der Waals surface area (Å²) in [5.74, 6) is 1.94. The quantitative estimate of drug-likeness (QED) is 0.480. The summed E-state index contributed by atoms with van der Waals surface area (Å²) >= 11 is 1.78. The molecule has 0 spiro atoms. The molecule has 0 N–H and O–H groups in total. The van der Waals surface area contributed by atoms with Crippen LogP contribution in [0.15, 0.2) is 60.0 Å². The van der Waals surface area contributed by atoms with E-state index in [0.717, 1.165) is 28.8 Å². The van der Waals surface area contributed by atoms with Crippen molar-refractivity contribution in [3.05, 3.63) is 60.4 Å². The first-order valence-electron chi connectivity index (χ1n) is 7.89. The van der Waals surface area contributed by atoms with Crippen LogP contribution in [-0.4, -0.2) is 25.5 Å². The van der Waals surface area contributed by atoms with Gasteiger partial charge in [0.1, 0.15) is 0 Å². The summed E-state index contributed by atoms with van der Waals surface area (Å²) in [4.78, 5) is 4.21. The molecular weight excluding hydrogens is 304 g/mol. The Labute approximate surface area is 141 Å². The number of benzene rings is 1. The van der Waals surface area contributed by atoms with Crippen molar-refractivity contribution >= 4 is 11.8 Å². The van der Waals surface area contributed by atoms with E-state index in [9.17, 15) is 0 Å². The Balaban J connectivity index is 1.93. The molecule has 0 aliphatic heterocycles. The maximum atomic E-state index is 4.41. The Kier molecular flexibility index (Phi) is 5.42. The third-order valence-corrected chi connectivity index (χ3v) is 4.60. The van der Waals surface area contributed by atoms with Crippen molar-refractivity contribution in [3.63, 3.8) is 0 Å². The van der Waals surface area contributed by atoms with Crippen LogP contribution in [0.1, 0.15) is 25.3 Å². The second-order valence-electron chi connectivity index (χ2n) is 5.32. The number of hydrogen-bond acceptors (Lipinski definition) is 4. The highest BCUT2D eigenvalue weighted by Crippen LogP contribution is 2.25. The molecule has 1 aromatic carbocycles. The molecule has 0 atom stereocenters. The van der Waals surface area contributed by atoms with Gasteiger partial charge in [0, 0.05) is 23.7 Å². The minimum Gasteiger partial charge on any atom is -0.298 e. The molecule has 2 heterocycles. The van der Waals surface area contributed by atoms with Crippen LogP contribution in [-0.2, 0) is 6.54 Å². The van der Waals surface area contributed by atoms with Crippen LogP contribution in [0, 0.1) is 0 Å². The smallest absolute Gasteiger partial charge is 0.191 e. The summed E-state index contributed by atoms with van der Waals surface area (Å²) in [6.45, 7) is 2.98. The number of pyridine rings is 1. The lowest BCUT2D eigenvalue weighted by Gasteiger charge is -2.10. The molecule has 3 rings (SSSR count). The van der Waals surface area contributed by atoms with E-state index in [-0.39, 0.29) is 0 Å². The minimum absolute atomic E-state index is 0.770. The second-order valence-corrected chi connectivity index (χ2v) is 6.38. The van der Waals surface area contributed by atoms with E-state index in [1.165, 1.54) is 18.4 Å². The highest BCUT2D eigenvalue weighted by molar-refractivity contribution is 7.99. The Morgan fingerprint density at radius 1 is 1.04 bits per heavy atom. The topological polar surface area (TPSA) is 43.6 Å². The Morgan fingerprint density at radius 2 is 1.91 bits per heavy atom. The molecule has 0 aliphatic carbocycles. The fourth-order valence-corrected chi connectivity index (χ4v) is 3.34. The van der Waals surface area contributed by atoms with Crippen molar-refractivity contribution in [2.45, 2.75) is 31.5 Å². The van der Waals surface area contributed by atoms with Gasteiger partial charge in [0.15, 0.2) is 11.0 Å². The van der Waals surface area contributed by atoms with Gasteiger partial charge in [-0.2, -0.15) is 0 Å². The van der Waals surface area contributed by atoms with Crippen LogP contribution in [0.4, 0.5) is 0 Å². The normalized spacial score (nSPS) is 10.8. The average Bonchev–Trinajstić information content (AvgIpc) is 3.00. The lowest BCUT2D eigenvalue weighted by atomic mass is 10.2. The van der Waals surface area contributed by atoms with Crippen molar-refractivity contribution in [2.24, 2.45) is 0 Å². The van der Waals surface area contributed by atoms with Crippen LogP contribution in [0.2, 0.25) is 0 Å². The molecule has 3 aromatic rings. The molecule has 0 unspecified atom stereocenters. The van der Waals surface area contributed by atoms with Crippen LogP contribution in [0.3, 0.4) is 0 Å². The third kappa shape index (κ3) is 3.99. The fourth-order valence-electron chi connectivity index (χ4n) is 2.32. The van der Waals surface area contributed by atoms with Crippen LogP contribution >= 0.6 is 11.8 Å². The number of nitrogens with zero attached hydrogens (tertiary/aromatic N) is 4. The third-order valence-electron chi connectivity index (χ3n) is 3.55. The predicted molar refractivity (Wildman–Crippen MR) is 94.4 cm³/mol. The number of aromatic nitrogens is 4. The van der Waals surface area contributed by atoms with E-state index in [2.05, 4.69) is 50.9 Å². The monoisotopic (exact) mass is 324 g/mol. The highest BCUT2D eigenvalue weighted by atomic mass is 32.2. The maximum absolute atomic E-state index is 4.41. The number of rotatable bonds is 7. The molecule has 0 fully saturated rings. The van der Waals surface area contributed by atoms with Crippen molar-refractivity contribution in [1.82, 2.24) is 19.7 Å². The van der Waals surface area contributed by atoms with Crippen LogP contribution in [0.5, 0.6) is 0 Å². The van der Waals surface area contributed by atoms with E-state index in [1.54, 1.807) is 18.0 Å². The van der Waals surface area contributed by atoms with Gasteiger partial charge in [-0.05, 0) is 24.1 Å². The lowest BCUT2D eigenvalue weighted by molar-refractivity contribution is 0.713. The first kappa shape index (κ1) is 15.7. The SMILES string of the molecule is CCCCSc1nnc(-c2cccnc2)n1Cc1ccccc1. The van der Waals surface area contributed by atoms with E-state index in [0.29, 0.717) is 0 Å². The number of unbranched alkanes of at least 4 members (excludes halogenated alkanes) is 1. The Hall–Kier alpha value is -2.14. The zero-order chi connectivity index (χ0) is 15.9. The van der Waals surface area contributed by atoms with Gasteiger partial charge in [-0.3, -0.25) is 9.55 Å². The molecule has 0 saturated carbocycles. The van der Waals surface area contributed by atoms with Gasteiger partial charge in [0.2, 0.25) is 0 Å². The summed E-state index contributed by atoms with van der Waals surface area (Å²) in [5, 5.41) is 9.80. The van der Waals surface area contributed by atoms with Crippen LogP contribution < -0.4 is 0 Å². The van der Waals surface area contributed by atoms with Gasteiger partial charge < -0.3 is 0 Å². The van der Waals surface area contributed by atoms with E-state index in [4.69, 9.17) is 0 Å². The zero-order valence-corrected chi connectivity index (χ0v) is 14.0. The molecule has 4 nitrogen and oxygen atoms in total. The standard InChI is InChI=1S/C18H20N4S/c1-2-3-12-23-18-21-20-17(16-10-7-11-19-13-16)22(18)14-15-8-5-4-6-9-15/h4-11,13H,2-3,12,14H2,1H3. The molecule has 2 aromatic heterocycles. The van der Waals surface area contributed by atoms with Gasteiger partial charge in [-0.1, -0.05) is 55.4 Å². The van der Waals surface area contributed by atoms with Gasteiger partial charge in [0.25, 0.3) is 0 Å². The molecular formula is C18H20N4S. The van der Waals surface area contributed by atoms with Crippen molar-refractivity contribution < 1.29 is 0 Å². The average molecular weight is 324 g/mol. The fraction of sp³-hybridized carbons (Fsp3) is 0.278. The van der Waals surface area contributed by atoms with E-state index >= 15 is 0 Å². The minimum atomic E-state index is 0.770. The maximum Gasteiger partial charge on any atom is 0.191 e. The zero-order valence-electron chi connectivity index (χ0n) is 13.2. The number of thioether (sulfide) groups is 1. The van der Waals surface area contributed by atoms with E-state index < -0.39 is 0 Å². The number of hydrogen-bond donors (Lipinski definition) is 0. The summed E-state index contributed by atoms with van der Waals surface area (Å²) in [6.07, 6.45) is 5.99. The largest absolute Gasteiger partial charge is 0.298 e. The first-order valence-corrected chi connectivity index (χ1v) is 8.87. The molecule has 23 heavy (non-hydrogen) atoms. The predicted octanol–water partition coefficient (Wildman–Crippen LogP) is 4.28. The Bertz CT molecular complexity index is 725. The summed E-state index contributed by atoms with van der Waals surface area (Å²) in [6, 6.07) is 14.4. The molecule has 0 bridgehead atoms. The van der Waals surface area contributed by atoms with Gasteiger partial charge in [-0.15, -0.1) is 10.2 Å². The summed E-state index contributed by atoms with van der Waals surface area (Å²) < 4.78 is 2.19. The van der Waals surface area contributed by atoms with Crippen LogP contribution in [0.25, 0.3) is 11.4 Å².